The zero-order chi connectivity index (χ0) is 20.7. The van der Waals surface area contributed by atoms with Gasteiger partial charge in [-0.1, -0.05) is 6.92 Å². The number of hydrogen-bond donors (Lipinski definition) is 2. The smallest absolute Gasteiger partial charge is 0.231 e. The number of hydrogen-bond acceptors (Lipinski definition) is 5. The van der Waals surface area contributed by atoms with Crippen molar-refractivity contribution in [3.05, 3.63) is 29.8 Å². The van der Waals surface area contributed by atoms with Crippen molar-refractivity contribution in [2.75, 3.05) is 29.2 Å². The Morgan fingerprint density at radius 1 is 1.24 bits per heavy atom. The van der Waals surface area contributed by atoms with Gasteiger partial charge in [0.15, 0.2) is 5.82 Å². The fourth-order valence-electron chi connectivity index (χ4n) is 3.77. The number of anilines is 3. The Labute approximate surface area is 168 Å². The number of aryl methyl sites for hydroxylation is 1. The van der Waals surface area contributed by atoms with Crippen LogP contribution in [0.3, 0.4) is 0 Å². The molecule has 9 nitrogen and oxygen atoms in total. The van der Waals surface area contributed by atoms with E-state index < -0.39 is 5.92 Å². The second-order valence-corrected chi connectivity index (χ2v) is 7.49. The van der Waals surface area contributed by atoms with Crippen LogP contribution in [0.5, 0.6) is 5.75 Å². The van der Waals surface area contributed by atoms with E-state index in [0.29, 0.717) is 30.4 Å². The van der Waals surface area contributed by atoms with Gasteiger partial charge in [-0.15, -0.1) is 0 Å². The Morgan fingerprint density at radius 2 is 1.97 bits per heavy atom. The summed E-state index contributed by atoms with van der Waals surface area (Å²) in [4.78, 5) is 38.8. The van der Waals surface area contributed by atoms with Crippen LogP contribution in [-0.2, 0) is 27.9 Å². The van der Waals surface area contributed by atoms with Crippen LogP contribution in [0.4, 0.5) is 17.3 Å². The molecule has 0 saturated carbocycles. The van der Waals surface area contributed by atoms with Crippen LogP contribution in [-0.4, -0.2) is 41.2 Å². The molecule has 3 amide bonds. The van der Waals surface area contributed by atoms with Gasteiger partial charge in [-0.25, -0.2) is 0 Å². The molecule has 9 heteroatoms. The van der Waals surface area contributed by atoms with Crippen molar-refractivity contribution in [3.63, 3.8) is 0 Å². The first-order valence-electron chi connectivity index (χ1n) is 9.49. The van der Waals surface area contributed by atoms with E-state index >= 15 is 0 Å². The Bertz CT molecular complexity index is 982. The van der Waals surface area contributed by atoms with E-state index in [-0.39, 0.29) is 30.1 Å². The molecule has 4 rings (SSSR count). The van der Waals surface area contributed by atoms with Gasteiger partial charge in [0, 0.05) is 37.2 Å². The van der Waals surface area contributed by atoms with E-state index in [9.17, 15) is 14.4 Å². The summed E-state index contributed by atoms with van der Waals surface area (Å²) in [7, 11) is 3.30. The Morgan fingerprint density at radius 3 is 2.66 bits per heavy atom. The first kappa shape index (κ1) is 19.0. The highest BCUT2D eigenvalue weighted by Gasteiger charge is 2.36. The minimum Gasteiger partial charge on any atom is -0.497 e. The zero-order valence-corrected chi connectivity index (χ0v) is 16.6. The van der Waals surface area contributed by atoms with E-state index in [1.54, 1.807) is 48.0 Å². The second kappa shape index (κ2) is 7.23. The second-order valence-electron chi connectivity index (χ2n) is 7.49. The summed E-state index contributed by atoms with van der Waals surface area (Å²) in [5, 5.41) is 10.0. The van der Waals surface area contributed by atoms with E-state index in [4.69, 9.17) is 4.74 Å². The van der Waals surface area contributed by atoms with E-state index in [1.807, 2.05) is 6.92 Å². The van der Waals surface area contributed by atoms with Gasteiger partial charge >= 0.3 is 0 Å². The zero-order valence-electron chi connectivity index (χ0n) is 16.6. The third-order valence-corrected chi connectivity index (χ3v) is 5.47. The molecule has 2 aromatic rings. The Kier molecular flexibility index (Phi) is 4.73. The predicted octanol–water partition coefficient (Wildman–Crippen LogP) is 1.55. The predicted molar refractivity (Wildman–Crippen MR) is 107 cm³/mol. The third kappa shape index (κ3) is 3.43. The topological polar surface area (TPSA) is 106 Å². The van der Waals surface area contributed by atoms with Gasteiger partial charge in [-0.2, -0.15) is 5.10 Å². The summed E-state index contributed by atoms with van der Waals surface area (Å²) < 4.78 is 6.70. The molecule has 0 bridgehead atoms. The lowest BCUT2D eigenvalue weighted by Gasteiger charge is -2.20. The molecule has 2 aliphatic heterocycles. The molecule has 3 heterocycles. The Balaban J connectivity index is 1.48. The maximum Gasteiger partial charge on any atom is 0.231 e. The van der Waals surface area contributed by atoms with Crippen LogP contribution in [0, 0.1) is 11.8 Å². The van der Waals surface area contributed by atoms with E-state index in [1.165, 1.54) is 0 Å². The normalized spacial score (nSPS) is 21.0. The number of ether oxygens (including phenoxy) is 1. The molecule has 1 saturated heterocycles. The molecular formula is C20H23N5O4. The summed E-state index contributed by atoms with van der Waals surface area (Å²) in [6.07, 6.45) is 0.645. The van der Waals surface area contributed by atoms with Crippen LogP contribution < -0.4 is 20.3 Å². The standard InChI is InChI=1S/C20H23N5O4/c1-11-8-15-17(23-24(2)18(15)22-19(11)27)21-20(28)12-9-16(26)25(10-12)13-4-6-14(29-3)7-5-13/h4-7,11-12H,8-10H2,1-3H3,(H,22,27)(H,21,23,28)/t11-,12-/m0/s1. The number of nitrogens with one attached hydrogen (secondary N) is 2. The lowest BCUT2D eigenvalue weighted by atomic mass is 9.97. The number of amides is 3. The van der Waals surface area contributed by atoms with Crippen molar-refractivity contribution in [1.82, 2.24) is 9.78 Å². The number of carbonyl (C=O) groups is 3. The molecule has 0 aliphatic carbocycles. The molecule has 2 N–H and O–H groups in total. The summed E-state index contributed by atoms with van der Waals surface area (Å²) in [5.74, 6) is 0.671. The van der Waals surface area contributed by atoms with Crippen LogP contribution >= 0.6 is 0 Å². The Hall–Kier alpha value is -3.36. The van der Waals surface area contributed by atoms with E-state index in [2.05, 4.69) is 15.7 Å². The van der Waals surface area contributed by atoms with Crippen LogP contribution in [0.25, 0.3) is 0 Å². The molecule has 0 radical (unpaired) electrons. The number of fused-ring (bicyclic) bond motifs is 1. The fraction of sp³-hybridized carbons (Fsp3) is 0.400. The average molecular weight is 397 g/mol. The number of methoxy groups -OCH3 is 1. The monoisotopic (exact) mass is 397 g/mol. The summed E-state index contributed by atoms with van der Waals surface area (Å²) in [6, 6.07) is 7.17. The SMILES string of the molecule is COc1ccc(N2C[C@@H](C(=O)Nc3nn(C)c4c3C[C@H](C)C(=O)N4)CC2=O)cc1. The largest absolute Gasteiger partial charge is 0.497 e. The van der Waals surface area contributed by atoms with Crippen molar-refractivity contribution < 1.29 is 19.1 Å². The minimum atomic E-state index is -0.474. The van der Waals surface area contributed by atoms with Crippen molar-refractivity contribution in [2.24, 2.45) is 18.9 Å². The molecule has 0 unspecified atom stereocenters. The first-order chi connectivity index (χ1) is 13.9. The summed E-state index contributed by atoms with van der Waals surface area (Å²) >= 11 is 0. The number of aromatic nitrogens is 2. The van der Waals surface area contributed by atoms with Crippen LogP contribution in [0.15, 0.2) is 24.3 Å². The first-order valence-corrected chi connectivity index (χ1v) is 9.49. The van der Waals surface area contributed by atoms with Gasteiger partial charge in [-0.05, 0) is 30.7 Å². The average Bonchev–Trinajstić information content (AvgIpc) is 3.23. The van der Waals surface area contributed by atoms with Gasteiger partial charge in [0.05, 0.1) is 13.0 Å². The number of benzene rings is 1. The molecule has 1 aromatic carbocycles. The maximum absolute atomic E-state index is 12.8. The molecule has 152 valence electrons. The summed E-state index contributed by atoms with van der Waals surface area (Å²) in [6.45, 7) is 2.14. The van der Waals surface area contributed by atoms with Crippen molar-refractivity contribution in [1.29, 1.82) is 0 Å². The fourth-order valence-corrected chi connectivity index (χ4v) is 3.77. The van der Waals surface area contributed by atoms with Crippen LogP contribution in [0.1, 0.15) is 18.9 Å². The molecule has 2 aliphatic rings. The van der Waals surface area contributed by atoms with Gasteiger partial charge in [0.2, 0.25) is 17.7 Å². The third-order valence-electron chi connectivity index (χ3n) is 5.47. The number of carbonyl (C=O) groups excluding carboxylic acids is 3. The van der Waals surface area contributed by atoms with E-state index in [0.717, 1.165) is 11.3 Å². The lowest BCUT2D eigenvalue weighted by molar-refractivity contribution is -0.122. The number of rotatable bonds is 4. The molecule has 1 fully saturated rings. The molecular weight excluding hydrogens is 374 g/mol. The highest BCUT2D eigenvalue weighted by Crippen LogP contribution is 2.32. The molecule has 2 atom stereocenters. The maximum atomic E-state index is 12.8. The number of nitrogens with zero attached hydrogens (tertiary/aromatic N) is 3. The molecule has 1 aromatic heterocycles. The van der Waals surface area contributed by atoms with Gasteiger partial charge in [-0.3, -0.25) is 19.1 Å². The van der Waals surface area contributed by atoms with Crippen molar-refractivity contribution in [3.8, 4) is 5.75 Å². The highest BCUT2D eigenvalue weighted by molar-refractivity contribution is 6.04. The van der Waals surface area contributed by atoms with Gasteiger partial charge in [0.1, 0.15) is 11.6 Å². The van der Waals surface area contributed by atoms with Gasteiger partial charge < -0.3 is 20.3 Å². The molecule has 0 spiro atoms. The lowest BCUT2D eigenvalue weighted by Crippen LogP contribution is -2.30. The van der Waals surface area contributed by atoms with Crippen LogP contribution in [0.2, 0.25) is 0 Å². The molecule has 29 heavy (non-hydrogen) atoms. The minimum absolute atomic E-state index is 0.0603. The van der Waals surface area contributed by atoms with Crippen molar-refractivity contribution >= 4 is 35.0 Å². The van der Waals surface area contributed by atoms with Crippen molar-refractivity contribution in [2.45, 2.75) is 19.8 Å². The van der Waals surface area contributed by atoms with Gasteiger partial charge in [0.25, 0.3) is 0 Å². The quantitative estimate of drug-likeness (QED) is 0.814. The summed E-state index contributed by atoms with van der Waals surface area (Å²) in [5.41, 5.74) is 1.54. The highest BCUT2D eigenvalue weighted by atomic mass is 16.5.